The molecule has 1 rings (SSSR count). The van der Waals surface area contributed by atoms with Crippen LogP contribution < -0.4 is 11.3 Å². The van der Waals surface area contributed by atoms with Crippen LogP contribution in [0.15, 0.2) is 23.1 Å². The molecule has 16 heavy (non-hydrogen) atoms. The average Bonchev–Trinajstić information content (AvgIpc) is 2.16. The molecule has 0 saturated carbocycles. The molecular formula is C9H11F3N2O2. The summed E-state index contributed by atoms with van der Waals surface area (Å²) in [5.74, 6) is 0. The molecule has 0 atom stereocenters. The van der Waals surface area contributed by atoms with E-state index < -0.39 is 12.8 Å². The summed E-state index contributed by atoms with van der Waals surface area (Å²) in [6.45, 7) is -1.47. The Morgan fingerprint density at radius 2 is 2.06 bits per heavy atom. The van der Waals surface area contributed by atoms with Gasteiger partial charge in [0, 0.05) is 24.5 Å². The smallest absolute Gasteiger partial charge is 0.398 e. The lowest BCUT2D eigenvalue weighted by Gasteiger charge is -2.09. The minimum Gasteiger partial charge on any atom is -0.398 e. The molecule has 0 aliphatic rings. The quantitative estimate of drug-likeness (QED) is 0.794. The lowest BCUT2D eigenvalue weighted by molar-refractivity contribution is -0.174. The van der Waals surface area contributed by atoms with Gasteiger partial charge in [-0.25, -0.2) is 0 Å². The summed E-state index contributed by atoms with van der Waals surface area (Å²) in [6, 6.07) is 2.68. The number of alkyl halides is 3. The van der Waals surface area contributed by atoms with E-state index in [2.05, 4.69) is 4.74 Å². The van der Waals surface area contributed by atoms with Crippen molar-refractivity contribution in [2.45, 2.75) is 12.7 Å². The lowest BCUT2D eigenvalue weighted by atomic mass is 10.4. The maximum atomic E-state index is 11.7. The van der Waals surface area contributed by atoms with Crippen molar-refractivity contribution in [3.05, 3.63) is 28.7 Å². The van der Waals surface area contributed by atoms with Crippen LogP contribution in [0.4, 0.5) is 18.9 Å². The predicted octanol–water partition coefficient (Wildman–Crippen LogP) is 1.01. The SMILES string of the molecule is Nc1ccc(=O)n(CCOCC(F)(F)F)c1. The zero-order valence-electron chi connectivity index (χ0n) is 8.33. The van der Waals surface area contributed by atoms with Crippen LogP contribution in [-0.4, -0.2) is 24.0 Å². The Bertz CT molecular complexity index is 400. The van der Waals surface area contributed by atoms with Gasteiger partial charge in [-0.2, -0.15) is 13.2 Å². The van der Waals surface area contributed by atoms with Gasteiger partial charge in [-0.15, -0.1) is 0 Å². The molecule has 90 valence electrons. The number of hydrogen-bond acceptors (Lipinski definition) is 3. The summed E-state index contributed by atoms with van der Waals surface area (Å²) in [5, 5.41) is 0. The second kappa shape index (κ2) is 5.02. The van der Waals surface area contributed by atoms with Gasteiger partial charge in [-0.3, -0.25) is 4.79 Å². The summed E-state index contributed by atoms with van der Waals surface area (Å²) >= 11 is 0. The van der Waals surface area contributed by atoms with E-state index in [9.17, 15) is 18.0 Å². The molecule has 0 aromatic carbocycles. The zero-order valence-corrected chi connectivity index (χ0v) is 8.33. The third-order valence-electron chi connectivity index (χ3n) is 1.75. The Morgan fingerprint density at radius 3 is 2.69 bits per heavy atom. The molecule has 2 N–H and O–H groups in total. The predicted molar refractivity (Wildman–Crippen MR) is 52.0 cm³/mol. The average molecular weight is 236 g/mol. The minimum absolute atomic E-state index is 0.0416. The molecule has 0 aliphatic carbocycles. The molecule has 4 nitrogen and oxygen atoms in total. The van der Waals surface area contributed by atoms with Crippen LogP contribution in [0.2, 0.25) is 0 Å². The first-order valence-corrected chi connectivity index (χ1v) is 4.49. The van der Waals surface area contributed by atoms with Crippen molar-refractivity contribution in [2.24, 2.45) is 0 Å². The molecule has 0 unspecified atom stereocenters. The van der Waals surface area contributed by atoms with E-state index in [0.717, 1.165) is 0 Å². The van der Waals surface area contributed by atoms with Gasteiger partial charge in [0.15, 0.2) is 0 Å². The van der Waals surface area contributed by atoms with Crippen molar-refractivity contribution in [2.75, 3.05) is 18.9 Å². The highest BCUT2D eigenvalue weighted by molar-refractivity contribution is 5.33. The van der Waals surface area contributed by atoms with E-state index >= 15 is 0 Å². The highest BCUT2D eigenvalue weighted by atomic mass is 19.4. The first kappa shape index (κ1) is 12.6. The van der Waals surface area contributed by atoms with Crippen LogP contribution in [0.5, 0.6) is 0 Å². The Kier molecular flexibility index (Phi) is 3.94. The summed E-state index contributed by atoms with van der Waals surface area (Å²) in [5.41, 5.74) is 5.46. The number of rotatable bonds is 4. The number of anilines is 1. The van der Waals surface area contributed by atoms with Crippen LogP contribution in [0.3, 0.4) is 0 Å². The van der Waals surface area contributed by atoms with Gasteiger partial charge in [0.1, 0.15) is 6.61 Å². The number of aromatic nitrogens is 1. The number of nitrogens with zero attached hydrogens (tertiary/aromatic N) is 1. The van der Waals surface area contributed by atoms with Gasteiger partial charge in [0.2, 0.25) is 0 Å². The molecule has 1 aromatic rings. The summed E-state index contributed by atoms with van der Waals surface area (Å²) < 4.78 is 40.7. The molecule has 0 bridgehead atoms. The fraction of sp³-hybridized carbons (Fsp3) is 0.444. The Morgan fingerprint density at radius 1 is 1.38 bits per heavy atom. The highest BCUT2D eigenvalue weighted by Gasteiger charge is 2.27. The van der Waals surface area contributed by atoms with E-state index in [4.69, 9.17) is 5.73 Å². The number of hydrogen-bond donors (Lipinski definition) is 1. The van der Waals surface area contributed by atoms with Gasteiger partial charge >= 0.3 is 6.18 Å². The van der Waals surface area contributed by atoms with E-state index in [1.165, 1.54) is 22.9 Å². The summed E-state index contributed by atoms with van der Waals surface area (Å²) in [4.78, 5) is 11.2. The van der Waals surface area contributed by atoms with E-state index in [1.807, 2.05) is 0 Å². The van der Waals surface area contributed by atoms with Crippen molar-refractivity contribution in [1.82, 2.24) is 4.57 Å². The van der Waals surface area contributed by atoms with Gasteiger partial charge in [0.25, 0.3) is 5.56 Å². The third kappa shape index (κ3) is 4.35. The zero-order chi connectivity index (χ0) is 12.2. The number of ether oxygens (including phenoxy) is 1. The fourth-order valence-electron chi connectivity index (χ4n) is 1.08. The molecular weight excluding hydrogens is 225 g/mol. The fourth-order valence-corrected chi connectivity index (χ4v) is 1.08. The number of halogens is 3. The standard InChI is InChI=1S/C9H11F3N2O2/c10-9(11,12)6-16-4-3-14-5-7(13)1-2-8(14)15/h1-2,5H,3-4,6,13H2. The molecule has 1 aromatic heterocycles. The van der Waals surface area contributed by atoms with E-state index in [0.29, 0.717) is 5.69 Å². The summed E-state index contributed by atoms with van der Waals surface area (Å²) in [6.07, 6.45) is -2.99. The Balaban J connectivity index is 2.43. The molecule has 0 fully saturated rings. The molecule has 1 heterocycles. The largest absolute Gasteiger partial charge is 0.411 e. The van der Waals surface area contributed by atoms with Crippen molar-refractivity contribution >= 4 is 5.69 Å². The van der Waals surface area contributed by atoms with Crippen LogP contribution in [0.1, 0.15) is 0 Å². The van der Waals surface area contributed by atoms with Crippen LogP contribution in [0.25, 0.3) is 0 Å². The Hall–Kier alpha value is -1.50. The number of nitrogens with two attached hydrogens (primary N) is 1. The molecule has 7 heteroatoms. The first-order valence-electron chi connectivity index (χ1n) is 4.49. The van der Waals surface area contributed by atoms with Crippen molar-refractivity contribution < 1.29 is 17.9 Å². The Labute approximate surface area is 89.4 Å². The van der Waals surface area contributed by atoms with Crippen molar-refractivity contribution in [3.63, 3.8) is 0 Å². The van der Waals surface area contributed by atoms with Gasteiger partial charge in [0.05, 0.1) is 6.61 Å². The van der Waals surface area contributed by atoms with E-state index in [1.54, 1.807) is 0 Å². The molecule has 0 radical (unpaired) electrons. The maximum absolute atomic E-state index is 11.7. The van der Waals surface area contributed by atoms with Crippen LogP contribution in [0, 0.1) is 0 Å². The molecule has 0 aliphatic heterocycles. The lowest BCUT2D eigenvalue weighted by Crippen LogP contribution is -2.24. The second-order valence-corrected chi connectivity index (χ2v) is 3.16. The molecule has 0 saturated heterocycles. The van der Waals surface area contributed by atoms with Crippen molar-refractivity contribution in [3.8, 4) is 0 Å². The summed E-state index contributed by atoms with van der Waals surface area (Å²) in [7, 11) is 0. The molecule has 0 amide bonds. The number of pyridine rings is 1. The van der Waals surface area contributed by atoms with Gasteiger partial charge in [-0.05, 0) is 6.07 Å². The third-order valence-corrected chi connectivity index (χ3v) is 1.75. The second-order valence-electron chi connectivity index (χ2n) is 3.16. The van der Waals surface area contributed by atoms with E-state index in [-0.39, 0.29) is 18.7 Å². The topological polar surface area (TPSA) is 57.2 Å². The van der Waals surface area contributed by atoms with Crippen LogP contribution in [-0.2, 0) is 11.3 Å². The number of nitrogen functional groups attached to an aromatic ring is 1. The monoisotopic (exact) mass is 236 g/mol. The normalized spacial score (nSPS) is 11.7. The van der Waals surface area contributed by atoms with Crippen molar-refractivity contribution in [1.29, 1.82) is 0 Å². The molecule has 0 spiro atoms. The maximum Gasteiger partial charge on any atom is 0.411 e. The highest BCUT2D eigenvalue weighted by Crippen LogP contribution is 2.14. The van der Waals surface area contributed by atoms with Gasteiger partial charge < -0.3 is 15.0 Å². The first-order chi connectivity index (χ1) is 7.38. The minimum atomic E-state index is -4.35. The van der Waals surface area contributed by atoms with Crippen LogP contribution >= 0.6 is 0 Å². The van der Waals surface area contributed by atoms with Gasteiger partial charge in [-0.1, -0.05) is 0 Å².